The number of alkyl halides is 1. The molecule has 0 amide bonds. The molecule has 0 aliphatic heterocycles. The maximum atomic E-state index is 4.36. The largest absolute Gasteiger partial charge is 0.308 e. The van der Waals surface area contributed by atoms with Gasteiger partial charge in [-0.25, -0.2) is 0 Å². The molecular weight excluding hydrogens is 290 g/mol. The predicted molar refractivity (Wildman–Crippen MR) is 77.9 cm³/mol. The second-order valence-corrected chi connectivity index (χ2v) is 5.35. The number of hydrogen-bond acceptors (Lipinski definition) is 2. The Hall–Kier alpha value is -1.16. The lowest BCUT2D eigenvalue weighted by atomic mass is 10.0. The molecule has 1 aromatic heterocycles. The van der Waals surface area contributed by atoms with Crippen LogP contribution in [0.15, 0.2) is 18.2 Å². The van der Waals surface area contributed by atoms with E-state index in [9.17, 15) is 0 Å². The normalized spacial score (nSPS) is 11.2. The third-order valence-electron chi connectivity index (χ3n) is 3.25. The molecule has 0 bridgehead atoms. The molecule has 0 atom stereocenters. The minimum Gasteiger partial charge on any atom is -0.308 e. The van der Waals surface area contributed by atoms with Crippen molar-refractivity contribution >= 4 is 15.9 Å². The Morgan fingerprint density at radius 2 is 1.94 bits per heavy atom. The summed E-state index contributed by atoms with van der Waals surface area (Å²) in [5.74, 6) is 1.93. The van der Waals surface area contributed by atoms with Crippen molar-refractivity contribution in [2.75, 3.05) is 0 Å². The Morgan fingerprint density at radius 3 is 2.56 bits per heavy atom. The molecule has 2 aromatic rings. The number of benzene rings is 1. The molecule has 0 aliphatic rings. The number of aryl methyl sites for hydroxylation is 1. The highest BCUT2D eigenvalue weighted by Crippen LogP contribution is 2.27. The van der Waals surface area contributed by atoms with Gasteiger partial charge < -0.3 is 4.57 Å². The van der Waals surface area contributed by atoms with E-state index in [1.54, 1.807) is 0 Å². The fourth-order valence-electron chi connectivity index (χ4n) is 2.13. The Labute approximate surface area is 116 Å². The molecule has 0 saturated carbocycles. The molecule has 0 radical (unpaired) electrons. The topological polar surface area (TPSA) is 30.7 Å². The Kier molecular flexibility index (Phi) is 3.85. The number of nitrogens with zero attached hydrogens (tertiary/aromatic N) is 3. The van der Waals surface area contributed by atoms with Gasteiger partial charge in [0.2, 0.25) is 0 Å². The first-order valence-electron chi connectivity index (χ1n) is 6.12. The van der Waals surface area contributed by atoms with Crippen molar-refractivity contribution in [3.63, 3.8) is 0 Å². The summed E-state index contributed by atoms with van der Waals surface area (Å²) >= 11 is 3.47. The van der Waals surface area contributed by atoms with Crippen LogP contribution in [0.2, 0.25) is 0 Å². The van der Waals surface area contributed by atoms with Crippen molar-refractivity contribution < 1.29 is 0 Å². The SMILES string of the molecule is Cc1cccc(-c2nnc(CBr)n2C(C)C)c1C. The second-order valence-electron chi connectivity index (χ2n) is 4.78. The van der Waals surface area contributed by atoms with Crippen molar-refractivity contribution in [1.82, 2.24) is 14.8 Å². The van der Waals surface area contributed by atoms with E-state index >= 15 is 0 Å². The van der Waals surface area contributed by atoms with Crippen LogP contribution in [0, 0.1) is 13.8 Å². The van der Waals surface area contributed by atoms with Gasteiger partial charge in [0.1, 0.15) is 5.82 Å². The molecule has 2 rings (SSSR count). The lowest BCUT2D eigenvalue weighted by Gasteiger charge is -2.15. The van der Waals surface area contributed by atoms with E-state index in [-0.39, 0.29) is 0 Å². The molecule has 0 fully saturated rings. The number of halogens is 1. The summed E-state index contributed by atoms with van der Waals surface area (Å²) in [5, 5.41) is 9.36. The molecule has 1 aromatic carbocycles. The fourth-order valence-corrected chi connectivity index (χ4v) is 2.52. The first kappa shape index (κ1) is 13.3. The first-order valence-corrected chi connectivity index (χ1v) is 7.24. The van der Waals surface area contributed by atoms with Gasteiger partial charge in [-0.3, -0.25) is 0 Å². The highest BCUT2D eigenvalue weighted by atomic mass is 79.9. The van der Waals surface area contributed by atoms with Crippen molar-refractivity contribution in [3.05, 3.63) is 35.2 Å². The molecule has 4 heteroatoms. The van der Waals surface area contributed by atoms with E-state index in [1.807, 2.05) is 0 Å². The number of rotatable bonds is 3. The number of hydrogen-bond donors (Lipinski definition) is 0. The van der Waals surface area contributed by atoms with Crippen LogP contribution in [0.25, 0.3) is 11.4 Å². The van der Waals surface area contributed by atoms with Crippen LogP contribution in [0.5, 0.6) is 0 Å². The third kappa shape index (κ3) is 2.21. The summed E-state index contributed by atoms with van der Waals surface area (Å²) in [4.78, 5) is 0. The predicted octanol–water partition coefficient (Wildman–Crippen LogP) is 4.04. The van der Waals surface area contributed by atoms with Gasteiger partial charge in [-0.2, -0.15) is 0 Å². The maximum absolute atomic E-state index is 4.36. The first-order chi connectivity index (χ1) is 8.56. The zero-order valence-electron chi connectivity index (χ0n) is 11.2. The molecule has 0 saturated heterocycles. The van der Waals surface area contributed by atoms with E-state index in [4.69, 9.17) is 0 Å². The van der Waals surface area contributed by atoms with Gasteiger partial charge in [0.05, 0.1) is 5.33 Å². The molecule has 0 unspecified atom stereocenters. The highest BCUT2D eigenvalue weighted by molar-refractivity contribution is 9.08. The second kappa shape index (κ2) is 5.22. The van der Waals surface area contributed by atoms with Crippen LogP contribution in [-0.4, -0.2) is 14.8 Å². The minimum atomic E-state index is 0.350. The van der Waals surface area contributed by atoms with Gasteiger partial charge in [-0.15, -0.1) is 10.2 Å². The van der Waals surface area contributed by atoms with Crippen molar-refractivity contribution in [1.29, 1.82) is 0 Å². The Balaban J connectivity index is 2.64. The van der Waals surface area contributed by atoms with Gasteiger partial charge in [0.15, 0.2) is 5.82 Å². The lowest BCUT2D eigenvalue weighted by molar-refractivity contribution is 0.586. The van der Waals surface area contributed by atoms with Crippen molar-refractivity contribution in [2.45, 2.75) is 39.1 Å². The van der Waals surface area contributed by atoms with Gasteiger partial charge in [-0.1, -0.05) is 34.1 Å². The number of aromatic nitrogens is 3. The van der Waals surface area contributed by atoms with Crippen molar-refractivity contribution in [2.24, 2.45) is 0 Å². The molecule has 0 aliphatic carbocycles. The summed E-state index contributed by atoms with van der Waals surface area (Å²) in [7, 11) is 0. The summed E-state index contributed by atoms with van der Waals surface area (Å²) in [5.41, 5.74) is 3.72. The average molecular weight is 308 g/mol. The Bertz CT molecular complexity index is 558. The zero-order valence-corrected chi connectivity index (χ0v) is 12.8. The molecule has 0 N–H and O–H groups in total. The summed E-state index contributed by atoms with van der Waals surface area (Å²) in [6, 6.07) is 6.66. The van der Waals surface area contributed by atoms with E-state index in [1.165, 1.54) is 16.7 Å². The van der Waals surface area contributed by atoms with Gasteiger partial charge >= 0.3 is 0 Å². The van der Waals surface area contributed by atoms with Crippen LogP contribution >= 0.6 is 15.9 Å². The summed E-state index contributed by atoms with van der Waals surface area (Å²) in [6.45, 7) is 8.58. The standard InChI is InChI=1S/C14H18BrN3/c1-9(2)18-13(8-15)16-17-14(18)12-7-5-6-10(3)11(12)4/h5-7,9H,8H2,1-4H3. The van der Waals surface area contributed by atoms with Gasteiger partial charge in [-0.05, 0) is 38.8 Å². The highest BCUT2D eigenvalue weighted by Gasteiger charge is 2.17. The Morgan fingerprint density at radius 1 is 1.22 bits per heavy atom. The summed E-state index contributed by atoms with van der Waals surface area (Å²) in [6.07, 6.45) is 0. The van der Waals surface area contributed by atoms with E-state index in [0.29, 0.717) is 6.04 Å². The van der Waals surface area contributed by atoms with Crippen LogP contribution < -0.4 is 0 Å². The quantitative estimate of drug-likeness (QED) is 0.801. The molecule has 96 valence electrons. The van der Waals surface area contributed by atoms with Crippen LogP contribution in [0.3, 0.4) is 0 Å². The zero-order chi connectivity index (χ0) is 13.3. The van der Waals surface area contributed by atoms with Gasteiger partial charge in [0.25, 0.3) is 0 Å². The van der Waals surface area contributed by atoms with Crippen LogP contribution in [0.1, 0.15) is 36.8 Å². The molecule has 1 heterocycles. The third-order valence-corrected chi connectivity index (χ3v) is 3.75. The van der Waals surface area contributed by atoms with Crippen molar-refractivity contribution in [3.8, 4) is 11.4 Å². The average Bonchev–Trinajstić information content (AvgIpc) is 2.76. The summed E-state index contributed by atoms with van der Waals surface area (Å²) < 4.78 is 2.19. The molecule has 18 heavy (non-hydrogen) atoms. The molecule has 3 nitrogen and oxygen atoms in total. The smallest absolute Gasteiger partial charge is 0.164 e. The van der Waals surface area contributed by atoms with E-state index in [2.05, 4.69) is 76.6 Å². The molecular formula is C14H18BrN3. The van der Waals surface area contributed by atoms with E-state index in [0.717, 1.165) is 17.0 Å². The molecule has 0 spiro atoms. The van der Waals surface area contributed by atoms with Gasteiger partial charge in [0, 0.05) is 11.6 Å². The van der Waals surface area contributed by atoms with Crippen LogP contribution in [0.4, 0.5) is 0 Å². The van der Waals surface area contributed by atoms with E-state index < -0.39 is 0 Å². The minimum absolute atomic E-state index is 0.350. The maximum Gasteiger partial charge on any atom is 0.164 e. The monoisotopic (exact) mass is 307 g/mol. The van der Waals surface area contributed by atoms with Crippen LogP contribution in [-0.2, 0) is 5.33 Å². The fraction of sp³-hybridized carbons (Fsp3) is 0.429. The lowest BCUT2D eigenvalue weighted by Crippen LogP contribution is -2.07.